The normalized spacial score (nSPS) is 11.1. The Bertz CT molecular complexity index is 118. The van der Waals surface area contributed by atoms with E-state index in [2.05, 4.69) is 10.2 Å². The number of carbonyl (C=O) groups excluding carboxylic acids is 1. The van der Waals surface area contributed by atoms with Crippen molar-refractivity contribution in [2.24, 2.45) is 10.2 Å². The molecule has 0 aliphatic carbocycles. The largest absolute Gasteiger partial charge is 0.298 e. The van der Waals surface area contributed by atoms with Crippen LogP contribution in [0.3, 0.4) is 0 Å². The van der Waals surface area contributed by atoms with Crippen LogP contribution in [-0.2, 0) is 4.79 Å². The van der Waals surface area contributed by atoms with Gasteiger partial charge in [0.25, 0.3) is 0 Å². The van der Waals surface area contributed by atoms with Crippen molar-refractivity contribution in [1.29, 1.82) is 0 Å². The van der Waals surface area contributed by atoms with Crippen molar-refractivity contribution in [2.45, 2.75) is 26.8 Å². The summed E-state index contributed by atoms with van der Waals surface area (Å²) in [5.74, 6) is 0.0550. The number of hydrogen-bond acceptors (Lipinski definition) is 3. The van der Waals surface area contributed by atoms with Crippen LogP contribution in [0.25, 0.3) is 0 Å². The summed E-state index contributed by atoms with van der Waals surface area (Å²) in [6.45, 7) is 5.56. The maximum Gasteiger partial charge on any atom is 0.153 e. The van der Waals surface area contributed by atoms with Gasteiger partial charge in [0.05, 0.1) is 6.04 Å². The van der Waals surface area contributed by atoms with Crippen molar-refractivity contribution in [3.8, 4) is 0 Å². The molecule has 0 rings (SSSR count). The third kappa shape index (κ3) is 7.27. The molecule has 0 bridgehead atoms. The molecule has 0 heterocycles. The van der Waals surface area contributed by atoms with E-state index in [-0.39, 0.29) is 18.4 Å². The fraction of sp³-hybridized carbons (Fsp3) is 0.833. The molecule has 0 fully saturated rings. The molecule has 0 aliphatic heterocycles. The van der Waals surface area contributed by atoms with Crippen LogP contribution in [0.5, 0.6) is 0 Å². The fourth-order valence-electron chi connectivity index (χ4n) is 0.304. The Morgan fingerprint density at radius 3 is 2.44 bits per heavy atom. The number of Topliss-reactive ketones (excluding diaryl/α,β-unsaturated/α-hetero) is 1. The molecule has 0 aliphatic rings. The van der Waals surface area contributed by atoms with E-state index in [0.717, 1.165) is 0 Å². The van der Waals surface area contributed by atoms with Crippen LogP contribution in [-0.4, -0.2) is 18.4 Å². The third-order valence-electron chi connectivity index (χ3n) is 0.606. The second-order valence-corrected chi connectivity index (χ2v) is 2.21. The Labute approximate surface area is 55.2 Å². The molecule has 0 amide bonds. The molecule has 52 valence electrons. The first kappa shape index (κ1) is 8.27. The number of carbonyl (C=O) groups is 1. The van der Waals surface area contributed by atoms with Gasteiger partial charge in [-0.2, -0.15) is 10.2 Å². The minimum atomic E-state index is 0.0550. The highest BCUT2D eigenvalue weighted by Gasteiger charge is 1.88. The molecule has 0 radical (unpaired) electrons. The number of rotatable bonds is 3. The predicted octanol–water partition coefficient (Wildman–Crippen LogP) is 1.44. The average Bonchev–Trinajstić information content (AvgIpc) is 1.63. The van der Waals surface area contributed by atoms with Crippen LogP contribution >= 0.6 is 0 Å². The average molecular weight is 128 g/mol. The van der Waals surface area contributed by atoms with E-state index in [1.807, 2.05) is 13.8 Å². The quantitative estimate of drug-likeness (QED) is 0.530. The number of nitrogens with zero attached hydrogens (tertiary/aromatic N) is 2. The highest BCUT2D eigenvalue weighted by Crippen LogP contribution is 1.86. The predicted molar refractivity (Wildman–Crippen MR) is 35.5 cm³/mol. The molecule has 0 saturated heterocycles. The van der Waals surface area contributed by atoms with E-state index in [0.29, 0.717) is 0 Å². The second kappa shape index (κ2) is 4.18. The Kier molecular flexibility index (Phi) is 3.84. The minimum absolute atomic E-state index is 0.0550. The zero-order valence-corrected chi connectivity index (χ0v) is 6.09. The molecule has 0 aromatic carbocycles. The zero-order chi connectivity index (χ0) is 7.28. The first-order chi connectivity index (χ1) is 4.13. The fourth-order valence-corrected chi connectivity index (χ4v) is 0.304. The van der Waals surface area contributed by atoms with Crippen molar-refractivity contribution in [2.75, 3.05) is 6.54 Å². The van der Waals surface area contributed by atoms with E-state index >= 15 is 0 Å². The number of hydrogen-bond donors (Lipinski definition) is 0. The molecule has 0 spiro atoms. The van der Waals surface area contributed by atoms with E-state index in [1.54, 1.807) is 0 Å². The minimum Gasteiger partial charge on any atom is -0.298 e. The van der Waals surface area contributed by atoms with Crippen molar-refractivity contribution in [3.63, 3.8) is 0 Å². The molecule has 0 aromatic heterocycles. The van der Waals surface area contributed by atoms with Crippen LogP contribution < -0.4 is 0 Å². The summed E-state index contributed by atoms with van der Waals surface area (Å²) in [5, 5.41) is 7.41. The molecule has 0 unspecified atom stereocenters. The summed E-state index contributed by atoms with van der Waals surface area (Å²) in [5.41, 5.74) is 0. The van der Waals surface area contributed by atoms with Gasteiger partial charge in [0.2, 0.25) is 0 Å². The van der Waals surface area contributed by atoms with Crippen molar-refractivity contribution in [1.82, 2.24) is 0 Å². The Morgan fingerprint density at radius 2 is 2.11 bits per heavy atom. The third-order valence-corrected chi connectivity index (χ3v) is 0.606. The van der Waals surface area contributed by atoms with Gasteiger partial charge in [-0.15, -0.1) is 0 Å². The number of azo groups is 1. The lowest BCUT2D eigenvalue weighted by Gasteiger charge is -1.90. The van der Waals surface area contributed by atoms with Crippen LogP contribution in [0.4, 0.5) is 0 Å². The topological polar surface area (TPSA) is 41.8 Å². The van der Waals surface area contributed by atoms with Gasteiger partial charge in [0.1, 0.15) is 6.54 Å². The van der Waals surface area contributed by atoms with E-state index in [4.69, 9.17) is 0 Å². The Balaban J connectivity index is 3.36. The smallest absolute Gasteiger partial charge is 0.153 e. The SMILES string of the molecule is CC(=O)CN=NC(C)C. The van der Waals surface area contributed by atoms with E-state index < -0.39 is 0 Å². The van der Waals surface area contributed by atoms with Gasteiger partial charge in [-0.05, 0) is 20.8 Å². The molecule has 3 nitrogen and oxygen atoms in total. The molecule has 0 N–H and O–H groups in total. The van der Waals surface area contributed by atoms with Crippen LogP contribution in [0, 0.1) is 0 Å². The monoisotopic (exact) mass is 128 g/mol. The van der Waals surface area contributed by atoms with Crippen LogP contribution in [0.2, 0.25) is 0 Å². The molecule has 3 heteroatoms. The Hall–Kier alpha value is -0.730. The Morgan fingerprint density at radius 1 is 1.56 bits per heavy atom. The molecule has 0 atom stereocenters. The summed E-state index contributed by atoms with van der Waals surface area (Å²) >= 11 is 0. The maximum absolute atomic E-state index is 10.3. The summed E-state index contributed by atoms with van der Waals surface area (Å²) in [6.07, 6.45) is 0. The van der Waals surface area contributed by atoms with Gasteiger partial charge < -0.3 is 0 Å². The van der Waals surface area contributed by atoms with Crippen LogP contribution in [0.1, 0.15) is 20.8 Å². The second-order valence-electron chi connectivity index (χ2n) is 2.21. The van der Waals surface area contributed by atoms with E-state index in [9.17, 15) is 4.79 Å². The maximum atomic E-state index is 10.3. The summed E-state index contributed by atoms with van der Waals surface area (Å²) < 4.78 is 0. The number of ketones is 1. The van der Waals surface area contributed by atoms with Gasteiger partial charge in [0.15, 0.2) is 5.78 Å². The molecule has 9 heavy (non-hydrogen) atoms. The zero-order valence-electron chi connectivity index (χ0n) is 6.09. The van der Waals surface area contributed by atoms with Gasteiger partial charge in [-0.25, -0.2) is 0 Å². The first-order valence-electron chi connectivity index (χ1n) is 2.99. The van der Waals surface area contributed by atoms with Crippen LogP contribution in [0.15, 0.2) is 10.2 Å². The lowest BCUT2D eigenvalue weighted by Crippen LogP contribution is -1.95. The van der Waals surface area contributed by atoms with Crippen molar-refractivity contribution in [3.05, 3.63) is 0 Å². The molecule has 0 aromatic rings. The van der Waals surface area contributed by atoms with Crippen molar-refractivity contribution >= 4 is 5.78 Å². The van der Waals surface area contributed by atoms with E-state index in [1.165, 1.54) is 6.92 Å². The highest BCUT2D eigenvalue weighted by atomic mass is 16.1. The van der Waals surface area contributed by atoms with Gasteiger partial charge >= 0.3 is 0 Å². The summed E-state index contributed by atoms with van der Waals surface area (Å²) in [4.78, 5) is 10.3. The van der Waals surface area contributed by atoms with Crippen molar-refractivity contribution < 1.29 is 4.79 Å². The molecular weight excluding hydrogens is 116 g/mol. The summed E-state index contributed by atoms with van der Waals surface area (Å²) in [6, 6.07) is 0.198. The summed E-state index contributed by atoms with van der Waals surface area (Å²) in [7, 11) is 0. The molecule has 0 saturated carbocycles. The lowest BCUT2D eigenvalue weighted by atomic mass is 10.4. The highest BCUT2D eigenvalue weighted by molar-refractivity contribution is 5.77. The first-order valence-corrected chi connectivity index (χ1v) is 2.99. The van der Waals surface area contributed by atoms with Gasteiger partial charge in [0, 0.05) is 0 Å². The van der Waals surface area contributed by atoms with Gasteiger partial charge in [-0.1, -0.05) is 0 Å². The lowest BCUT2D eigenvalue weighted by molar-refractivity contribution is -0.115. The van der Waals surface area contributed by atoms with Gasteiger partial charge in [-0.3, -0.25) is 4.79 Å². The molecular formula is C6H12N2O. The standard InChI is InChI=1S/C6H12N2O/c1-5(2)8-7-4-6(3)9/h5H,4H2,1-3H3.